The van der Waals surface area contributed by atoms with Crippen LogP contribution >= 0.6 is 0 Å². The highest BCUT2D eigenvalue weighted by molar-refractivity contribution is 5.10. The van der Waals surface area contributed by atoms with Crippen LogP contribution in [0.3, 0.4) is 0 Å². The molecule has 0 aromatic carbocycles. The Bertz CT molecular complexity index is 717. The molecule has 0 saturated carbocycles. The molecule has 1 aliphatic heterocycles. The fourth-order valence-corrected chi connectivity index (χ4v) is 3.48. The monoisotopic (exact) mass is 345 g/mol. The van der Waals surface area contributed by atoms with Crippen molar-refractivity contribution >= 4 is 0 Å². The van der Waals surface area contributed by atoms with Crippen LogP contribution in [-0.4, -0.2) is 51.0 Å². The largest absolute Gasteiger partial charge is 0.383 e. The van der Waals surface area contributed by atoms with Crippen molar-refractivity contribution in [3.05, 3.63) is 46.4 Å². The summed E-state index contributed by atoms with van der Waals surface area (Å²) in [6.07, 6.45) is 5.75. The summed E-state index contributed by atoms with van der Waals surface area (Å²) in [5.74, 6) is 1.29. The Kier molecular flexibility index (Phi) is 5.99. The molecule has 3 rings (SSSR count). The Hall–Kier alpha value is -1.99. The summed E-state index contributed by atoms with van der Waals surface area (Å²) in [6, 6.07) is 4.14. The minimum absolute atomic E-state index is 0.0197. The topological polar surface area (TPSA) is 65.2 Å². The highest BCUT2D eigenvalue weighted by atomic mass is 16.5. The van der Waals surface area contributed by atoms with E-state index in [1.165, 1.54) is 5.56 Å². The molecule has 0 bridgehead atoms. The fourth-order valence-electron chi connectivity index (χ4n) is 3.48. The number of aromatic nitrogens is 4. The number of methoxy groups -OCH3 is 1. The third-order valence-electron chi connectivity index (χ3n) is 4.88. The van der Waals surface area contributed by atoms with Crippen molar-refractivity contribution in [1.82, 2.24) is 24.2 Å². The molecule has 7 heteroatoms. The standard InChI is InChI=1S/C18H27N5O2/c1-3-22-17(20-23(18(22)24)12-13-25-2)16-6-10-21(11-7-16)14-15-4-8-19-9-5-15/h4-5,8-9,16H,3,6-7,10-14H2,1-2H3. The first kappa shape index (κ1) is 17.8. The van der Waals surface area contributed by atoms with Gasteiger partial charge in [-0.15, -0.1) is 0 Å². The molecule has 0 radical (unpaired) electrons. The van der Waals surface area contributed by atoms with E-state index in [-0.39, 0.29) is 5.69 Å². The Morgan fingerprint density at radius 3 is 2.60 bits per heavy atom. The SMILES string of the molecule is CCn1c(C2CCN(Cc3ccncc3)CC2)nn(CCOC)c1=O. The Labute approximate surface area is 148 Å². The predicted molar refractivity (Wildman–Crippen MR) is 95.5 cm³/mol. The first-order valence-corrected chi connectivity index (χ1v) is 9.00. The van der Waals surface area contributed by atoms with Crippen molar-refractivity contribution in [2.75, 3.05) is 26.8 Å². The van der Waals surface area contributed by atoms with Gasteiger partial charge in [-0.2, -0.15) is 5.10 Å². The molecular formula is C18H27N5O2. The van der Waals surface area contributed by atoms with Crippen molar-refractivity contribution < 1.29 is 4.74 Å². The van der Waals surface area contributed by atoms with Crippen molar-refractivity contribution in [3.63, 3.8) is 0 Å². The van der Waals surface area contributed by atoms with E-state index in [9.17, 15) is 4.79 Å². The molecule has 136 valence electrons. The van der Waals surface area contributed by atoms with Gasteiger partial charge in [0.15, 0.2) is 0 Å². The zero-order chi connectivity index (χ0) is 17.6. The van der Waals surface area contributed by atoms with Gasteiger partial charge in [-0.1, -0.05) is 0 Å². The van der Waals surface area contributed by atoms with Crippen LogP contribution in [0.25, 0.3) is 0 Å². The summed E-state index contributed by atoms with van der Waals surface area (Å²) >= 11 is 0. The Morgan fingerprint density at radius 1 is 1.24 bits per heavy atom. The number of hydrogen-bond donors (Lipinski definition) is 0. The molecule has 0 aliphatic carbocycles. The number of nitrogens with zero attached hydrogens (tertiary/aromatic N) is 5. The van der Waals surface area contributed by atoms with E-state index < -0.39 is 0 Å². The molecule has 1 aliphatic rings. The molecule has 0 atom stereocenters. The highest BCUT2D eigenvalue weighted by Crippen LogP contribution is 2.27. The molecule has 1 saturated heterocycles. The fraction of sp³-hybridized carbons (Fsp3) is 0.611. The van der Waals surface area contributed by atoms with Gasteiger partial charge in [0.1, 0.15) is 5.82 Å². The van der Waals surface area contributed by atoms with Crippen molar-refractivity contribution in [3.8, 4) is 0 Å². The normalized spacial score (nSPS) is 16.4. The van der Waals surface area contributed by atoms with Crippen LogP contribution in [0.4, 0.5) is 0 Å². The summed E-state index contributed by atoms with van der Waals surface area (Å²) in [6.45, 7) is 6.69. The third kappa shape index (κ3) is 4.16. The van der Waals surface area contributed by atoms with Gasteiger partial charge in [-0.05, 0) is 50.6 Å². The number of rotatable bonds is 7. The zero-order valence-corrected chi connectivity index (χ0v) is 15.1. The maximum absolute atomic E-state index is 12.5. The van der Waals surface area contributed by atoms with Crippen molar-refractivity contribution in [2.45, 2.75) is 45.3 Å². The van der Waals surface area contributed by atoms with E-state index in [0.29, 0.717) is 25.6 Å². The average Bonchev–Trinajstić information content (AvgIpc) is 2.97. The molecule has 0 N–H and O–H groups in total. The van der Waals surface area contributed by atoms with Gasteiger partial charge in [-0.25, -0.2) is 9.48 Å². The summed E-state index contributed by atoms with van der Waals surface area (Å²) in [5.41, 5.74) is 1.27. The van der Waals surface area contributed by atoms with Crippen LogP contribution in [0, 0.1) is 0 Å². The Morgan fingerprint density at radius 2 is 1.96 bits per heavy atom. The molecule has 1 fully saturated rings. The number of pyridine rings is 1. The lowest BCUT2D eigenvalue weighted by Gasteiger charge is -2.31. The van der Waals surface area contributed by atoms with Gasteiger partial charge in [-0.3, -0.25) is 14.5 Å². The summed E-state index contributed by atoms with van der Waals surface area (Å²) in [4.78, 5) is 19.0. The lowest BCUT2D eigenvalue weighted by Crippen LogP contribution is -2.33. The molecular weight excluding hydrogens is 318 g/mol. The maximum atomic E-state index is 12.5. The third-order valence-corrected chi connectivity index (χ3v) is 4.88. The lowest BCUT2D eigenvalue weighted by molar-refractivity contribution is 0.181. The smallest absolute Gasteiger partial charge is 0.345 e. The number of ether oxygens (including phenoxy) is 1. The van der Waals surface area contributed by atoms with Crippen LogP contribution in [0.15, 0.2) is 29.3 Å². The minimum atomic E-state index is -0.0197. The Balaban J connectivity index is 1.65. The van der Waals surface area contributed by atoms with Gasteiger partial charge >= 0.3 is 5.69 Å². The second kappa shape index (κ2) is 8.40. The van der Waals surface area contributed by atoms with Crippen LogP contribution in [0.1, 0.15) is 37.1 Å². The number of likely N-dealkylation sites (tertiary alicyclic amines) is 1. The number of hydrogen-bond acceptors (Lipinski definition) is 5. The summed E-state index contributed by atoms with van der Waals surface area (Å²) in [7, 11) is 1.64. The molecule has 0 spiro atoms. The van der Waals surface area contributed by atoms with Crippen LogP contribution in [0.2, 0.25) is 0 Å². The first-order valence-electron chi connectivity index (χ1n) is 9.00. The summed E-state index contributed by atoms with van der Waals surface area (Å²) in [5, 5.41) is 4.61. The molecule has 2 aromatic heterocycles. The zero-order valence-electron chi connectivity index (χ0n) is 15.1. The van der Waals surface area contributed by atoms with E-state index in [1.807, 2.05) is 23.9 Å². The first-order chi connectivity index (χ1) is 12.2. The molecule has 0 unspecified atom stereocenters. The quantitative estimate of drug-likeness (QED) is 0.761. The summed E-state index contributed by atoms with van der Waals surface area (Å²) < 4.78 is 8.45. The molecule has 25 heavy (non-hydrogen) atoms. The molecule has 7 nitrogen and oxygen atoms in total. The number of piperidine rings is 1. The second-order valence-electron chi connectivity index (χ2n) is 6.51. The van der Waals surface area contributed by atoms with Gasteiger partial charge in [0.25, 0.3) is 0 Å². The van der Waals surface area contributed by atoms with Crippen LogP contribution in [0.5, 0.6) is 0 Å². The maximum Gasteiger partial charge on any atom is 0.345 e. The molecule has 0 amide bonds. The van der Waals surface area contributed by atoms with Gasteiger partial charge < -0.3 is 4.74 Å². The highest BCUT2D eigenvalue weighted by Gasteiger charge is 2.26. The van der Waals surface area contributed by atoms with Crippen LogP contribution < -0.4 is 5.69 Å². The lowest BCUT2D eigenvalue weighted by atomic mass is 9.95. The van der Waals surface area contributed by atoms with Crippen molar-refractivity contribution in [1.29, 1.82) is 0 Å². The van der Waals surface area contributed by atoms with Gasteiger partial charge in [0, 0.05) is 38.5 Å². The van der Waals surface area contributed by atoms with E-state index in [4.69, 9.17) is 4.74 Å². The van der Waals surface area contributed by atoms with E-state index in [0.717, 1.165) is 38.3 Å². The van der Waals surface area contributed by atoms with E-state index in [2.05, 4.69) is 27.1 Å². The van der Waals surface area contributed by atoms with Gasteiger partial charge in [0.2, 0.25) is 0 Å². The van der Waals surface area contributed by atoms with Gasteiger partial charge in [0.05, 0.1) is 13.2 Å². The van der Waals surface area contributed by atoms with Crippen LogP contribution in [-0.2, 0) is 24.4 Å². The second-order valence-corrected chi connectivity index (χ2v) is 6.51. The molecule has 2 aromatic rings. The van der Waals surface area contributed by atoms with E-state index in [1.54, 1.807) is 11.8 Å². The average molecular weight is 345 g/mol. The predicted octanol–water partition coefficient (Wildman–Crippen LogP) is 1.49. The van der Waals surface area contributed by atoms with E-state index >= 15 is 0 Å². The minimum Gasteiger partial charge on any atom is -0.383 e. The van der Waals surface area contributed by atoms with Crippen molar-refractivity contribution in [2.24, 2.45) is 0 Å². The molecule has 3 heterocycles.